The van der Waals surface area contributed by atoms with Gasteiger partial charge in [-0.3, -0.25) is 0 Å². The molecule has 0 atom stereocenters. The van der Waals surface area contributed by atoms with Gasteiger partial charge in [-0.05, 0) is 37.1 Å². The summed E-state index contributed by atoms with van der Waals surface area (Å²) in [5.41, 5.74) is -0.281. The summed E-state index contributed by atoms with van der Waals surface area (Å²) in [6.45, 7) is 0.0404. The van der Waals surface area contributed by atoms with Gasteiger partial charge in [0.25, 0.3) is 0 Å². The minimum atomic E-state index is -4.15. The van der Waals surface area contributed by atoms with Crippen LogP contribution in [0, 0.1) is 5.82 Å². The number of amides is 3. The van der Waals surface area contributed by atoms with E-state index in [4.69, 9.17) is 28.3 Å². The van der Waals surface area contributed by atoms with Crippen molar-refractivity contribution in [3.05, 3.63) is 46.2 Å². The first-order chi connectivity index (χ1) is 15.0. The fourth-order valence-corrected chi connectivity index (χ4v) is 5.85. The Morgan fingerprint density at radius 1 is 1.06 bits per heavy atom. The van der Waals surface area contributed by atoms with E-state index in [0.29, 0.717) is 0 Å². The predicted octanol–water partition coefficient (Wildman–Crippen LogP) is 4.40. The van der Waals surface area contributed by atoms with E-state index in [-0.39, 0.29) is 47.4 Å². The quantitative estimate of drug-likeness (QED) is 0.454. The predicted molar refractivity (Wildman–Crippen MR) is 117 cm³/mol. The molecule has 1 saturated heterocycles. The Balaban J connectivity index is 1.83. The number of hydrogen-bond acceptors (Lipinski definition) is 5. The lowest BCUT2D eigenvalue weighted by molar-refractivity contribution is 0.136. The first kappa shape index (κ1) is 23.9. The average Bonchev–Trinajstić information content (AvgIpc) is 2.73. The number of nitrogens with one attached hydrogen (secondary N) is 2. The minimum Gasteiger partial charge on any atom is -0.504 e. The summed E-state index contributed by atoms with van der Waals surface area (Å²) in [6.07, 6.45) is -1.08. The van der Waals surface area contributed by atoms with E-state index in [1.165, 1.54) is 24.3 Å². The normalized spacial score (nSPS) is 14.8. The van der Waals surface area contributed by atoms with Gasteiger partial charge in [0.05, 0.1) is 26.7 Å². The van der Waals surface area contributed by atoms with Crippen LogP contribution < -0.4 is 10.6 Å². The molecule has 1 aliphatic rings. The molecule has 2 aromatic carbocycles. The molecule has 0 saturated carbocycles. The number of hydrogen-bond donors (Lipinski definition) is 4. The van der Waals surface area contributed by atoms with Gasteiger partial charge >= 0.3 is 12.1 Å². The zero-order valence-corrected chi connectivity index (χ0v) is 18.6. The van der Waals surface area contributed by atoms with Crippen molar-refractivity contribution in [2.75, 3.05) is 23.7 Å². The molecule has 0 radical (unpaired) electrons. The second-order valence-electron chi connectivity index (χ2n) is 6.97. The van der Waals surface area contributed by atoms with E-state index >= 15 is 0 Å². The van der Waals surface area contributed by atoms with Crippen molar-refractivity contribution in [3.8, 4) is 5.75 Å². The number of phenols is 1. The molecule has 0 spiro atoms. The van der Waals surface area contributed by atoms with Gasteiger partial charge < -0.3 is 25.7 Å². The smallest absolute Gasteiger partial charge is 0.407 e. The fraction of sp³-hybridized carbons (Fsp3) is 0.263. The van der Waals surface area contributed by atoms with Crippen molar-refractivity contribution in [1.29, 1.82) is 0 Å². The van der Waals surface area contributed by atoms with Crippen LogP contribution in [0.15, 0.2) is 35.2 Å². The highest BCUT2D eigenvalue weighted by Gasteiger charge is 2.36. The summed E-state index contributed by atoms with van der Waals surface area (Å²) < 4.78 is 39.8. The second kappa shape index (κ2) is 9.39. The lowest BCUT2D eigenvalue weighted by Gasteiger charge is -2.30. The Bertz CT molecular complexity index is 1170. The molecule has 9 nitrogen and oxygen atoms in total. The maximum Gasteiger partial charge on any atom is 0.407 e. The van der Waals surface area contributed by atoms with Crippen molar-refractivity contribution in [2.24, 2.45) is 0 Å². The number of carbonyl (C=O) groups excluding carboxylic acids is 1. The van der Waals surface area contributed by atoms with Crippen LogP contribution in [-0.4, -0.2) is 54.0 Å². The molecule has 0 unspecified atom stereocenters. The van der Waals surface area contributed by atoms with Crippen LogP contribution in [0.3, 0.4) is 0 Å². The summed E-state index contributed by atoms with van der Waals surface area (Å²) >= 11 is 11.8. The number of sulfone groups is 1. The van der Waals surface area contributed by atoms with Crippen molar-refractivity contribution in [1.82, 2.24) is 4.90 Å². The van der Waals surface area contributed by atoms with E-state index in [0.717, 1.165) is 11.0 Å². The zero-order valence-electron chi connectivity index (χ0n) is 16.3. The van der Waals surface area contributed by atoms with Crippen molar-refractivity contribution in [3.63, 3.8) is 0 Å². The van der Waals surface area contributed by atoms with Gasteiger partial charge in [0.1, 0.15) is 10.7 Å². The first-order valence-corrected chi connectivity index (χ1v) is 11.6. The molecule has 2 aromatic rings. The van der Waals surface area contributed by atoms with Gasteiger partial charge in [-0.15, -0.1) is 0 Å². The number of urea groups is 1. The van der Waals surface area contributed by atoms with Crippen LogP contribution in [0.2, 0.25) is 10.0 Å². The third kappa shape index (κ3) is 4.84. The molecule has 1 aliphatic heterocycles. The Hall–Kier alpha value is -2.76. The molecule has 1 fully saturated rings. The summed E-state index contributed by atoms with van der Waals surface area (Å²) in [4.78, 5) is 23.9. The number of piperidine rings is 1. The lowest BCUT2D eigenvalue weighted by Crippen LogP contribution is -2.41. The fourth-order valence-electron chi connectivity index (χ4n) is 3.32. The Morgan fingerprint density at radius 3 is 2.31 bits per heavy atom. The summed E-state index contributed by atoms with van der Waals surface area (Å²) in [5.74, 6) is -1.51. The molecule has 13 heteroatoms. The monoisotopic (exact) mass is 505 g/mol. The molecule has 4 N–H and O–H groups in total. The van der Waals surface area contributed by atoms with E-state index < -0.39 is 43.7 Å². The minimum absolute atomic E-state index is 0.0202. The van der Waals surface area contributed by atoms with E-state index in [9.17, 15) is 27.5 Å². The Labute approximate surface area is 192 Å². The van der Waals surface area contributed by atoms with E-state index in [2.05, 4.69) is 10.6 Å². The molecular formula is C19H18Cl2FN3O6S. The van der Waals surface area contributed by atoms with E-state index in [1.807, 2.05) is 0 Å². The number of aromatic hydroxyl groups is 1. The molecule has 3 amide bonds. The standard InChI is InChI=1S/C19H18Cl2FN3O6S/c20-11-4-5-14(24-18(27)23-13-3-1-2-12(22)15(13)21)16(26)17(11)32(30,31)10-6-8-25(9-7-10)19(28)29/h1-5,10,26H,6-9H2,(H,28,29)(H2,23,24,27). The summed E-state index contributed by atoms with van der Waals surface area (Å²) in [7, 11) is -4.15. The molecular weight excluding hydrogens is 488 g/mol. The molecule has 32 heavy (non-hydrogen) atoms. The van der Waals surface area contributed by atoms with Crippen LogP contribution in [0.4, 0.5) is 25.4 Å². The van der Waals surface area contributed by atoms with Gasteiger partial charge in [0, 0.05) is 13.1 Å². The third-order valence-electron chi connectivity index (χ3n) is 4.97. The first-order valence-electron chi connectivity index (χ1n) is 9.27. The van der Waals surface area contributed by atoms with Crippen LogP contribution in [0.1, 0.15) is 12.8 Å². The molecule has 172 valence electrons. The third-order valence-corrected chi connectivity index (χ3v) is 8.11. The number of anilines is 2. The number of rotatable bonds is 4. The highest BCUT2D eigenvalue weighted by atomic mass is 35.5. The van der Waals surface area contributed by atoms with Gasteiger partial charge in [0.15, 0.2) is 15.6 Å². The Morgan fingerprint density at radius 2 is 1.69 bits per heavy atom. The second-order valence-corrected chi connectivity index (χ2v) is 9.92. The largest absolute Gasteiger partial charge is 0.504 e. The SMILES string of the molecule is O=C(Nc1ccc(Cl)c(S(=O)(=O)C2CCN(C(=O)O)CC2)c1O)Nc1cccc(F)c1Cl. The van der Waals surface area contributed by atoms with Crippen LogP contribution in [0.5, 0.6) is 5.75 Å². The number of carbonyl (C=O) groups is 2. The highest BCUT2D eigenvalue weighted by molar-refractivity contribution is 7.92. The van der Waals surface area contributed by atoms with Crippen LogP contribution in [-0.2, 0) is 9.84 Å². The van der Waals surface area contributed by atoms with Gasteiger partial charge in [0.2, 0.25) is 0 Å². The zero-order chi connectivity index (χ0) is 23.6. The molecule has 0 bridgehead atoms. The Kier molecular flexibility index (Phi) is 7.01. The topological polar surface area (TPSA) is 136 Å². The van der Waals surface area contributed by atoms with E-state index in [1.54, 1.807) is 0 Å². The number of phenolic OH excluding ortho intramolecular Hbond substituents is 1. The summed E-state index contributed by atoms with van der Waals surface area (Å²) in [5, 5.41) is 22.7. The molecule has 3 rings (SSSR count). The number of benzene rings is 2. The number of carboxylic acid groups (broad SMARTS) is 1. The lowest BCUT2D eigenvalue weighted by atomic mass is 10.1. The van der Waals surface area contributed by atoms with Gasteiger partial charge in [-0.1, -0.05) is 29.3 Å². The van der Waals surface area contributed by atoms with Gasteiger partial charge in [-0.2, -0.15) is 0 Å². The van der Waals surface area contributed by atoms with Crippen LogP contribution >= 0.6 is 23.2 Å². The van der Waals surface area contributed by atoms with Crippen molar-refractivity contribution >= 4 is 56.5 Å². The number of halogens is 3. The highest BCUT2D eigenvalue weighted by Crippen LogP contribution is 2.40. The average molecular weight is 506 g/mol. The van der Waals surface area contributed by atoms with Gasteiger partial charge in [-0.25, -0.2) is 22.4 Å². The number of likely N-dealkylation sites (tertiary alicyclic amines) is 1. The molecule has 1 heterocycles. The maximum atomic E-state index is 13.5. The number of nitrogens with zero attached hydrogens (tertiary/aromatic N) is 1. The van der Waals surface area contributed by atoms with Crippen LogP contribution in [0.25, 0.3) is 0 Å². The van der Waals surface area contributed by atoms with Crippen molar-refractivity contribution in [2.45, 2.75) is 23.0 Å². The summed E-state index contributed by atoms with van der Waals surface area (Å²) in [6, 6.07) is 5.28. The molecule has 0 aromatic heterocycles. The van der Waals surface area contributed by atoms with Crippen molar-refractivity contribution < 1.29 is 32.6 Å². The molecule has 0 aliphatic carbocycles. The maximum absolute atomic E-state index is 13.5.